The highest BCUT2D eigenvalue weighted by Crippen LogP contribution is 2.11. The molecule has 1 fully saturated rings. The van der Waals surface area contributed by atoms with Crippen molar-refractivity contribution in [2.45, 2.75) is 12.6 Å². The first kappa shape index (κ1) is 12.1. The Morgan fingerprint density at radius 1 is 1.47 bits per heavy atom. The molecule has 0 saturated carbocycles. The first-order chi connectivity index (χ1) is 8.29. The second-order valence-electron chi connectivity index (χ2n) is 4.10. The van der Waals surface area contributed by atoms with Crippen molar-refractivity contribution >= 4 is 5.97 Å². The molecular weight excluding hydrogens is 218 g/mol. The number of esters is 1. The summed E-state index contributed by atoms with van der Waals surface area (Å²) in [5.41, 5.74) is 1.25. The van der Waals surface area contributed by atoms with Gasteiger partial charge in [0, 0.05) is 19.6 Å². The molecule has 1 aliphatic rings. The van der Waals surface area contributed by atoms with Crippen LogP contribution in [0.3, 0.4) is 0 Å². The van der Waals surface area contributed by atoms with Crippen LogP contribution in [-0.4, -0.2) is 43.8 Å². The van der Waals surface area contributed by atoms with E-state index in [4.69, 9.17) is 9.47 Å². The van der Waals surface area contributed by atoms with Gasteiger partial charge < -0.3 is 9.47 Å². The van der Waals surface area contributed by atoms with E-state index in [1.807, 2.05) is 18.2 Å². The maximum Gasteiger partial charge on any atom is 0.336 e. The maximum absolute atomic E-state index is 11.4. The van der Waals surface area contributed by atoms with Crippen molar-refractivity contribution in [3.63, 3.8) is 0 Å². The van der Waals surface area contributed by atoms with Gasteiger partial charge in [-0.3, -0.25) is 4.90 Å². The van der Waals surface area contributed by atoms with Crippen LogP contribution in [0.15, 0.2) is 30.3 Å². The summed E-state index contributed by atoms with van der Waals surface area (Å²) in [5, 5.41) is 0. The lowest BCUT2D eigenvalue weighted by molar-refractivity contribution is -0.160. The summed E-state index contributed by atoms with van der Waals surface area (Å²) in [7, 11) is 1.39. The highest BCUT2D eigenvalue weighted by Gasteiger charge is 2.27. The topological polar surface area (TPSA) is 38.8 Å². The third-order valence-electron chi connectivity index (χ3n) is 2.86. The van der Waals surface area contributed by atoms with Gasteiger partial charge in [0.2, 0.25) is 0 Å². The minimum absolute atomic E-state index is 0.289. The molecule has 0 unspecified atom stereocenters. The number of methoxy groups -OCH3 is 1. The highest BCUT2D eigenvalue weighted by molar-refractivity contribution is 5.74. The number of hydrogen-bond donors (Lipinski definition) is 0. The molecule has 0 amide bonds. The second-order valence-corrected chi connectivity index (χ2v) is 4.10. The van der Waals surface area contributed by atoms with Crippen LogP contribution >= 0.6 is 0 Å². The summed E-state index contributed by atoms with van der Waals surface area (Å²) >= 11 is 0. The van der Waals surface area contributed by atoms with Gasteiger partial charge in [0.05, 0.1) is 13.7 Å². The van der Waals surface area contributed by atoms with E-state index >= 15 is 0 Å². The van der Waals surface area contributed by atoms with E-state index in [0.29, 0.717) is 13.2 Å². The van der Waals surface area contributed by atoms with Crippen molar-refractivity contribution < 1.29 is 14.3 Å². The van der Waals surface area contributed by atoms with Gasteiger partial charge >= 0.3 is 5.97 Å². The van der Waals surface area contributed by atoms with Gasteiger partial charge in [0.25, 0.3) is 0 Å². The van der Waals surface area contributed by atoms with Gasteiger partial charge in [0.1, 0.15) is 0 Å². The standard InChI is InChI=1S/C13H17NO3/c1-16-13(15)12-10-14(7-8-17-12)9-11-5-3-2-4-6-11/h2-6,12H,7-10H2,1H3/t12-/m0/s1. The minimum Gasteiger partial charge on any atom is -0.467 e. The Kier molecular flexibility index (Phi) is 4.12. The van der Waals surface area contributed by atoms with E-state index in [1.54, 1.807) is 0 Å². The fourth-order valence-electron chi connectivity index (χ4n) is 1.96. The molecule has 1 heterocycles. The highest BCUT2D eigenvalue weighted by atomic mass is 16.6. The third-order valence-corrected chi connectivity index (χ3v) is 2.86. The molecule has 1 saturated heterocycles. The zero-order valence-electron chi connectivity index (χ0n) is 9.96. The number of benzene rings is 1. The first-order valence-corrected chi connectivity index (χ1v) is 5.75. The average Bonchev–Trinajstić information content (AvgIpc) is 2.39. The van der Waals surface area contributed by atoms with Crippen LogP contribution < -0.4 is 0 Å². The van der Waals surface area contributed by atoms with E-state index in [2.05, 4.69) is 17.0 Å². The minimum atomic E-state index is -0.447. The molecule has 0 bridgehead atoms. The molecule has 0 spiro atoms. The van der Waals surface area contributed by atoms with E-state index in [1.165, 1.54) is 12.7 Å². The predicted molar refractivity (Wildman–Crippen MR) is 63.5 cm³/mol. The SMILES string of the molecule is COC(=O)[C@@H]1CN(Cc2ccccc2)CCO1. The zero-order chi connectivity index (χ0) is 12.1. The van der Waals surface area contributed by atoms with Crippen molar-refractivity contribution in [3.05, 3.63) is 35.9 Å². The molecule has 92 valence electrons. The van der Waals surface area contributed by atoms with Gasteiger partial charge in [-0.05, 0) is 5.56 Å². The van der Waals surface area contributed by atoms with E-state index in [0.717, 1.165) is 13.1 Å². The largest absolute Gasteiger partial charge is 0.467 e. The normalized spacial score (nSPS) is 21.1. The molecule has 1 atom stereocenters. The lowest BCUT2D eigenvalue weighted by Crippen LogP contribution is -2.46. The molecule has 0 N–H and O–H groups in total. The molecule has 2 rings (SSSR count). The number of carbonyl (C=O) groups excluding carboxylic acids is 1. The Morgan fingerprint density at radius 2 is 2.24 bits per heavy atom. The van der Waals surface area contributed by atoms with Gasteiger partial charge in [-0.15, -0.1) is 0 Å². The maximum atomic E-state index is 11.4. The van der Waals surface area contributed by atoms with Crippen molar-refractivity contribution in [3.8, 4) is 0 Å². The number of carbonyl (C=O) groups is 1. The molecule has 0 aliphatic carbocycles. The molecule has 1 aromatic carbocycles. The summed E-state index contributed by atoms with van der Waals surface area (Å²) in [6.45, 7) is 2.87. The Labute approximate surface area is 101 Å². The third kappa shape index (κ3) is 3.28. The number of hydrogen-bond acceptors (Lipinski definition) is 4. The van der Waals surface area contributed by atoms with Crippen LogP contribution in [0.2, 0.25) is 0 Å². The number of nitrogens with zero attached hydrogens (tertiary/aromatic N) is 1. The predicted octanol–water partition coefficient (Wildman–Crippen LogP) is 1.06. The fourth-order valence-corrected chi connectivity index (χ4v) is 1.96. The molecule has 0 aromatic heterocycles. The molecular formula is C13H17NO3. The lowest BCUT2D eigenvalue weighted by Gasteiger charge is -2.31. The van der Waals surface area contributed by atoms with Gasteiger partial charge in [-0.2, -0.15) is 0 Å². The smallest absolute Gasteiger partial charge is 0.336 e. The molecule has 1 aromatic rings. The summed E-state index contributed by atoms with van der Waals surface area (Å²) in [6.07, 6.45) is -0.447. The van der Waals surface area contributed by atoms with Crippen LogP contribution in [0.1, 0.15) is 5.56 Å². The second kappa shape index (κ2) is 5.80. The summed E-state index contributed by atoms with van der Waals surface area (Å²) in [5.74, 6) is -0.289. The summed E-state index contributed by atoms with van der Waals surface area (Å²) in [4.78, 5) is 13.6. The molecule has 17 heavy (non-hydrogen) atoms. The van der Waals surface area contributed by atoms with E-state index in [-0.39, 0.29) is 5.97 Å². The molecule has 0 radical (unpaired) electrons. The number of rotatable bonds is 3. The first-order valence-electron chi connectivity index (χ1n) is 5.75. The zero-order valence-corrected chi connectivity index (χ0v) is 9.96. The van der Waals surface area contributed by atoms with Crippen LogP contribution in [0.4, 0.5) is 0 Å². The van der Waals surface area contributed by atoms with E-state index in [9.17, 15) is 4.79 Å². The van der Waals surface area contributed by atoms with Crippen molar-refractivity contribution in [1.29, 1.82) is 0 Å². The Balaban J connectivity index is 1.92. The number of ether oxygens (including phenoxy) is 2. The van der Waals surface area contributed by atoms with Gasteiger partial charge in [-0.25, -0.2) is 4.79 Å². The lowest BCUT2D eigenvalue weighted by atomic mass is 10.2. The Bertz CT molecular complexity index is 366. The van der Waals surface area contributed by atoms with Crippen molar-refractivity contribution in [2.24, 2.45) is 0 Å². The molecule has 4 heteroatoms. The van der Waals surface area contributed by atoms with Gasteiger partial charge in [0.15, 0.2) is 6.10 Å². The Hall–Kier alpha value is -1.39. The fraction of sp³-hybridized carbons (Fsp3) is 0.462. The molecule has 4 nitrogen and oxygen atoms in total. The molecule has 1 aliphatic heterocycles. The average molecular weight is 235 g/mol. The van der Waals surface area contributed by atoms with Crippen LogP contribution in [0, 0.1) is 0 Å². The quantitative estimate of drug-likeness (QED) is 0.734. The van der Waals surface area contributed by atoms with Crippen LogP contribution in [0.25, 0.3) is 0 Å². The van der Waals surface area contributed by atoms with Crippen molar-refractivity contribution in [1.82, 2.24) is 4.90 Å². The monoisotopic (exact) mass is 235 g/mol. The van der Waals surface area contributed by atoms with Gasteiger partial charge in [-0.1, -0.05) is 30.3 Å². The number of morpholine rings is 1. The summed E-state index contributed by atoms with van der Waals surface area (Å²) in [6, 6.07) is 10.2. The Morgan fingerprint density at radius 3 is 2.94 bits per heavy atom. The summed E-state index contributed by atoms with van der Waals surface area (Å²) < 4.78 is 10.1. The van der Waals surface area contributed by atoms with Crippen molar-refractivity contribution in [2.75, 3.05) is 26.8 Å². The van der Waals surface area contributed by atoms with E-state index < -0.39 is 6.10 Å². The van der Waals surface area contributed by atoms with Crippen LogP contribution in [-0.2, 0) is 20.8 Å². The van der Waals surface area contributed by atoms with Crippen LogP contribution in [0.5, 0.6) is 0 Å².